The number of rotatable bonds is 3. The van der Waals surface area contributed by atoms with Crippen molar-refractivity contribution in [1.82, 2.24) is 0 Å². The summed E-state index contributed by atoms with van der Waals surface area (Å²) in [5.41, 5.74) is 5.93. The van der Waals surface area contributed by atoms with Crippen molar-refractivity contribution in [2.75, 3.05) is 6.61 Å². The van der Waals surface area contributed by atoms with Gasteiger partial charge in [-0.1, -0.05) is 15.9 Å². The first kappa shape index (κ1) is 11.4. The number of aliphatic hydroxyl groups is 1. The fourth-order valence-corrected chi connectivity index (χ4v) is 1.61. The minimum atomic E-state index is -0.720. The van der Waals surface area contributed by atoms with Crippen molar-refractivity contribution in [3.05, 3.63) is 28.0 Å². The lowest BCUT2D eigenvalue weighted by Gasteiger charge is -2.13. The lowest BCUT2D eigenvalue weighted by Crippen LogP contribution is -2.12. The van der Waals surface area contributed by atoms with Crippen molar-refractivity contribution in [3.8, 4) is 5.75 Å². The Morgan fingerprint density at radius 1 is 1.50 bits per heavy atom. The standard InChI is InChI=1S/C9H11BrFNO2/c10-5-3-6(8(12)1-2-13)9(14)7(11)4-5/h3-4,8,13-14H,1-2,12H2/t8-/m1/s1. The van der Waals surface area contributed by atoms with Crippen LogP contribution >= 0.6 is 15.9 Å². The van der Waals surface area contributed by atoms with Gasteiger partial charge in [-0.05, 0) is 18.6 Å². The Kier molecular flexibility index (Phi) is 3.86. The molecule has 0 aromatic heterocycles. The molecule has 0 bridgehead atoms. The monoisotopic (exact) mass is 263 g/mol. The Bertz CT molecular complexity index is 333. The van der Waals surface area contributed by atoms with E-state index in [0.717, 1.165) is 6.07 Å². The van der Waals surface area contributed by atoms with Crippen LogP contribution in [0.25, 0.3) is 0 Å². The number of benzene rings is 1. The van der Waals surface area contributed by atoms with Crippen molar-refractivity contribution in [2.45, 2.75) is 12.5 Å². The second kappa shape index (κ2) is 4.72. The predicted molar refractivity (Wildman–Crippen MR) is 54.4 cm³/mol. The number of aromatic hydroxyl groups is 1. The molecule has 78 valence electrons. The maximum Gasteiger partial charge on any atom is 0.166 e. The van der Waals surface area contributed by atoms with Crippen LogP contribution in [-0.2, 0) is 0 Å². The SMILES string of the molecule is N[C@H](CCO)c1cc(Br)cc(F)c1O. The fraction of sp³-hybridized carbons (Fsp3) is 0.333. The van der Waals surface area contributed by atoms with Crippen LogP contribution in [-0.4, -0.2) is 16.8 Å². The highest BCUT2D eigenvalue weighted by atomic mass is 79.9. The van der Waals surface area contributed by atoms with Crippen LogP contribution in [0, 0.1) is 5.82 Å². The molecule has 1 atom stereocenters. The van der Waals surface area contributed by atoms with E-state index in [1.807, 2.05) is 0 Å². The lowest BCUT2D eigenvalue weighted by atomic mass is 10.0. The molecule has 0 aliphatic rings. The van der Waals surface area contributed by atoms with E-state index in [-0.39, 0.29) is 13.0 Å². The summed E-state index contributed by atoms with van der Waals surface area (Å²) in [5, 5.41) is 18.0. The minimum absolute atomic E-state index is 0.102. The molecule has 0 amide bonds. The molecular weight excluding hydrogens is 253 g/mol. The molecule has 5 heteroatoms. The fourth-order valence-electron chi connectivity index (χ4n) is 1.16. The molecule has 0 aliphatic carbocycles. The number of phenols is 1. The van der Waals surface area contributed by atoms with Crippen molar-refractivity contribution >= 4 is 15.9 Å². The number of hydrogen-bond acceptors (Lipinski definition) is 3. The molecule has 14 heavy (non-hydrogen) atoms. The van der Waals surface area contributed by atoms with Crippen molar-refractivity contribution < 1.29 is 14.6 Å². The van der Waals surface area contributed by atoms with E-state index in [0.29, 0.717) is 10.0 Å². The van der Waals surface area contributed by atoms with E-state index >= 15 is 0 Å². The molecule has 4 N–H and O–H groups in total. The van der Waals surface area contributed by atoms with Crippen molar-refractivity contribution in [1.29, 1.82) is 0 Å². The van der Waals surface area contributed by atoms with Gasteiger partial charge in [0.05, 0.1) is 0 Å². The van der Waals surface area contributed by atoms with E-state index in [9.17, 15) is 9.50 Å². The number of halogens is 2. The zero-order valence-corrected chi connectivity index (χ0v) is 8.96. The Balaban J connectivity index is 3.07. The second-order valence-electron chi connectivity index (χ2n) is 2.94. The number of hydrogen-bond donors (Lipinski definition) is 3. The Hall–Kier alpha value is -0.650. The van der Waals surface area contributed by atoms with E-state index < -0.39 is 17.6 Å². The van der Waals surface area contributed by atoms with Gasteiger partial charge >= 0.3 is 0 Å². The first-order chi connectivity index (χ1) is 6.56. The van der Waals surface area contributed by atoms with Gasteiger partial charge in [-0.25, -0.2) is 4.39 Å². The molecule has 0 saturated heterocycles. The summed E-state index contributed by atoms with van der Waals surface area (Å²) >= 11 is 3.10. The van der Waals surface area contributed by atoms with Crippen molar-refractivity contribution in [3.63, 3.8) is 0 Å². The lowest BCUT2D eigenvalue weighted by molar-refractivity contribution is 0.275. The van der Waals surface area contributed by atoms with Gasteiger partial charge in [-0.2, -0.15) is 0 Å². The molecule has 0 aliphatic heterocycles. The summed E-state index contributed by atoms with van der Waals surface area (Å²) in [6.07, 6.45) is 0.281. The second-order valence-corrected chi connectivity index (χ2v) is 3.86. The third kappa shape index (κ3) is 2.43. The molecule has 0 unspecified atom stereocenters. The van der Waals surface area contributed by atoms with Crippen LogP contribution in [0.1, 0.15) is 18.0 Å². The number of nitrogens with two attached hydrogens (primary N) is 1. The highest BCUT2D eigenvalue weighted by Crippen LogP contribution is 2.30. The van der Waals surface area contributed by atoms with Gasteiger partial charge < -0.3 is 15.9 Å². The highest BCUT2D eigenvalue weighted by Gasteiger charge is 2.14. The van der Waals surface area contributed by atoms with Gasteiger partial charge in [0, 0.05) is 22.7 Å². The largest absolute Gasteiger partial charge is 0.505 e. The summed E-state index contributed by atoms with van der Waals surface area (Å²) in [6, 6.07) is 2.13. The summed E-state index contributed by atoms with van der Waals surface area (Å²) in [6.45, 7) is -0.102. The molecule has 0 fully saturated rings. The first-order valence-electron chi connectivity index (χ1n) is 4.10. The van der Waals surface area contributed by atoms with Crippen LogP contribution in [0.4, 0.5) is 4.39 Å². The summed E-state index contributed by atoms with van der Waals surface area (Å²) in [7, 11) is 0. The quantitative estimate of drug-likeness (QED) is 0.778. The summed E-state index contributed by atoms with van der Waals surface area (Å²) < 4.78 is 13.6. The van der Waals surface area contributed by atoms with Crippen LogP contribution < -0.4 is 5.73 Å². The van der Waals surface area contributed by atoms with E-state index in [1.54, 1.807) is 6.07 Å². The van der Waals surface area contributed by atoms with Gasteiger partial charge in [-0.15, -0.1) is 0 Å². The third-order valence-corrected chi connectivity index (χ3v) is 2.36. The van der Waals surface area contributed by atoms with E-state index in [2.05, 4.69) is 15.9 Å². The van der Waals surface area contributed by atoms with Gasteiger partial charge in [0.15, 0.2) is 11.6 Å². The average Bonchev–Trinajstić information content (AvgIpc) is 2.11. The van der Waals surface area contributed by atoms with E-state index in [4.69, 9.17) is 10.8 Å². The van der Waals surface area contributed by atoms with Gasteiger partial charge in [0.2, 0.25) is 0 Å². The maximum absolute atomic E-state index is 13.0. The van der Waals surface area contributed by atoms with Crippen LogP contribution in [0.15, 0.2) is 16.6 Å². The molecule has 1 aromatic rings. The first-order valence-corrected chi connectivity index (χ1v) is 4.90. The molecule has 1 aromatic carbocycles. The topological polar surface area (TPSA) is 66.5 Å². The summed E-state index contributed by atoms with van der Waals surface area (Å²) in [5.74, 6) is -1.17. The Morgan fingerprint density at radius 2 is 2.14 bits per heavy atom. The molecule has 0 saturated carbocycles. The molecule has 0 radical (unpaired) electrons. The van der Waals surface area contributed by atoms with E-state index in [1.165, 1.54) is 0 Å². The average molecular weight is 264 g/mol. The van der Waals surface area contributed by atoms with Crippen LogP contribution in [0.2, 0.25) is 0 Å². The zero-order chi connectivity index (χ0) is 10.7. The Morgan fingerprint density at radius 3 is 2.71 bits per heavy atom. The normalized spacial score (nSPS) is 12.9. The smallest absolute Gasteiger partial charge is 0.166 e. The number of phenolic OH excluding ortho intramolecular Hbond substituents is 1. The highest BCUT2D eigenvalue weighted by molar-refractivity contribution is 9.10. The minimum Gasteiger partial charge on any atom is -0.505 e. The Labute approximate surface area is 89.5 Å². The van der Waals surface area contributed by atoms with Crippen LogP contribution in [0.3, 0.4) is 0 Å². The van der Waals surface area contributed by atoms with Crippen LogP contribution in [0.5, 0.6) is 5.75 Å². The molecular formula is C9H11BrFNO2. The van der Waals surface area contributed by atoms with Gasteiger partial charge in [-0.3, -0.25) is 0 Å². The maximum atomic E-state index is 13.0. The molecule has 1 rings (SSSR count). The van der Waals surface area contributed by atoms with Gasteiger partial charge in [0.25, 0.3) is 0 Å². The zero-order valence-electron chi connectivity index (χ0n) is 7.37. The molecule has 0 spiro atoms. The van der Waals surface area contributed by atoms with Gasteiger partial charge in [0.1, 0.15) is 0 Å². The number of aliphatic hydroxyl groups excluding tert-OH is 1. The predicted octanol–water partition coefficient (Wildman–Crippen LogP) is 1.68. The third-order valence-electron chi connectivity index (χ3n) is 1.90. The molecule has 0 heterocycles. The van der Waals surface area contributed by atoms with Crippen molar-refractivity contribution in [2.24, 2.45) is 5.73 Å². The molecule has 3 nitrogen and oxygen atoms in total. The summed E-state index contributed by atoms with van der Waals surface area (Å²) in [4.78, 5) is 0.